The van der Waals surface area contributed by atoms with E-state index in [1.165, 1.54) is 0 Å². The van der Waals surface area contributed by atoms with E-state index in [-0.39, 0.29) is 29.9 Å². The van der Waals surface area contributed by atoms with Gasteiger partial charge in [0.05, 0.1) is 12.7 Å². The molecule has 7 heteroatoms. The normalized spacial score (nSPS) is 21.8. The third-order valence-corrected chi connectivity index (χ3v) is 7.50. The Hall–Kier alpha value is -2.93. The van der Waals surface area contributed by atoms with E-state index in [4.69, 9.17) is 4.74 Å². The number of alkyl halides is 2. The number of benzene rings is 2. The second-order valence-electron chi connectivity index (χ2n) is 9.72. The predicted octanol–water partition coefficient (Wildman–Crippen LogP) is 5.94. The van der Waals surface area contributed by atoms with Gasteiger partial charge in [-0.05, 0) is 67.1 Å². The first-order valence-corrected chi connectivity index (χ1v) is 11.3. The average molecular weight is 455 g/mol. The number of aromatic carboxylic acids is 1. The molecule has 5 rings (SSSR count). The van der Waals surface area contributed by atoms with Crippen molar-refractivity contribution in [3.63, 3.8) is 0 Å². The fraction of sp³-hybridized carbons (Fsp3) is 0.423. The van der Waals surface area contributed by atoms with Gasteiger partial charge in [-0.3, -0.25) is 4.90 Å². The molecule has 1 saturated carbocycles. The van der Waals surface area contributed by atoms with E-state index in [2.05, 4.69) is 16.0 Å². The molecule has 2 aromatic carbocycles. The number of carboxylic acid groups (broad SMARTS) is 1. The van der Waals surface area contributed by atoms with Gasteiger partial charge in [0.2, 0.25) is 5.92 Å². The van der Waals surface area contributed by atoms with Crippen LogP contribution in [0.15, 0.2) is 42.6 Å². The minimum Gasteiger partial charge on any atom is -0.496 e. The third-order valence-electron chi connectivity index (χ3n) is 7.50. The van der Waals surface area contributed by atoms with Crippen molar-refractivity contribution in [2.24, 2.45) is 5.41 Å². The van der Waals surface area contributed by atoms with Gasteiger partial charge >= 0.3 is 5.97 Å². The number of aromatic amines is 1. The summed E-state index contributed by atoms with van der Waals surface area (Å²) in [6.45, 7) is 3.36. The quantitative estimate of drug-likeness (QED) is 0.501. The van der Waals surface area contributed by atoms with Crippen LogP contribution in [-0.4, -0.2) is 40.5 Å². The molecule has 1 aliphatic carbocycles. The van der Waals surface area contributed by atoms with Crippen LogP contribution in [0.2, 0.25) is 0 Å². The number of H-pyrrole nitrogens is 1. The molecule has 5 nitrogen and oxygen atoms in total. The third kappa shape index (κ3) is 3.88. The number of nitrogens with zero attached hydrogens (tertiary/aromatic N) is 1. The highest BCUT2D eigenvalue weighted by molar-refractivity contribution is 5.88. The van der Waals surface area contributed by atoms with Gasteiger partial charge in [-0.15, -0.1) is 0 Å². The summed E-state index contributed by atoms with van der Waals surface area (Å²) < 4.78 is 33.4. The molecule has 174 valence electrons. The van der Waals surface area contributed by atoms with Crippen molar-refractivity contribution in [1.82, 2.24) is 9.88 Å². The molecule has 0 bridgehead atoms. The van der Waals surface area contributed by atoms with Crippen LogP contribution >= 0.6 is 0 Å². The Morgan fingerprint density at radius 1 is 1.24 bits per heavy atom. The van der Waals surface area contributed by atoms with Gasteiger partial charge in [0.25, 0.3) is 0 Å². The lowest BCUT2D eigenvalue weighted by Gasteiger charge is -2.54. The zero-order valence-corrected chi connectivity index (χ0v) is 18.8. The number of carboxylic acids is 1. The van der Waals surface area contributed by atoms with E-state index in [1.807, 2.05) is 31.3 Å². The number of piperidine rings is 1. The Kier molecular flexibility index (Phi) is 5.20. The van der Waals surface area contributed by atoms with Gasteiger partial charge in [0.1, 0.15) is 5.75 Å². The molecule has 0 radical (unpaired) electrons. The number of aryl methyl sites for hydroxylation is 1. The SMILES string of the molecule is COc1cc(C)c2[nH]ccc2c1CN1CCC2(C[C@@H]1c1ccc(C(=O)O)cc1)CC(F)(F)C2. The Morgan fingerprint density at radius 2 is 1.97 bits per heavy atom. The van der Waals surface area contributed by atoms with E-state index in [9.17, 15) is 18.7 Å². The highest BCUT2D eigenvalue weighted by Crippen LogP contribution is 2.60. The van der Waals surface area contributed by atoms with Gasteiger partial charge in [-0.25, -0.2) is 13.6 Å². The summed E-state index contributed by atoms with van der Waals surface area (Å²) in [6.07, 6.45) is 3.17. The fourth-order valence-corrected chi connectivity index (χ4v) is 5.89. The van der Waals surface area contributed by atoms with E-state index in [0.717, 1.165) is 39.8 Å². The van der Waals surface area contributed by atoms with Crippen LogP contribution in [0, 0.1) is 12.3 Å². The molecule has 33 heavy (non-hydrogen) atoms. The summed E-state index contributed by atoms with van der Waals surface area (Å²) in [6, 6.07) is 10.9. The van der Waals surface area contributed by atoms with Crippen LogP contribution in [0.4, 0.5) is 8.78 Å². The lowest BCUT2D eigenvalue weighted by atomic mass is 9.59. The van der Waals surface area contributed by atoms with Crippen LogP contribution in [0.5, 0.6) is 5.75 Å². The van der Waals surface area contributed by atoms with Crippen molar-refractivity contribution in [2.45, 2.75) is 51.1 Å². The Morgan fingerprint density at radius 3 is 2.61 bits per heavy atom. The number of likely N-dealkylation sites (tertiary alicyclic amines) is 1. The first-order chi connectivity index (χ1) is 15.7. The lowest BCUT2D eigenvalue weighted by Crippen LogP contribution is -2.53. The molecule has 2 fully saturated rings. The molecule has 2 heterocycles. The maximum atomic E-state index is 13.9. The van der Waals surface area contributed by atoms with Gasteiger partial charge < -0.3 is 14.8 Å². The topological polar surface area (TPSA) is 65.6 Å². The summed E-state index contributed by atoms with van der Waals surface area (Å²) in [5.74, 6) is -2.73. The van der Waals surface area contributed by atoms with Crippen molar-refractivity contribution in [1.29, 1.82) is 0 Å². The lowest BCUT2D eigenvalue weighted by molar-refractivity contribution is -0.186. The van der Waals surface area contributed by atoms with Crippen molar-refractivity contribution >= 4 is 16.9 Å². The molecule has 2 N–H and O–H groups in total. The molecule has 1 spiro atoms. The monoisotopic (exact) mass is 454 g/mol. The molecule has 0 amide bonds. The van der Waals surface area contributed by atoms with Gasteiger partial charge in [-0.1, -0.05) is 12.1 Å². The smallest absolute Gasteiger partial charge is 0.335 e. The Balaban J connectivity index is 1.50. The van der Waals surface area contributed by atoms with Crippen molar-refractivity contribution in [3.8, 4) is 5.75 Å². The number of aromatic nitrogens is 1. The van der Waals surface area contributed by atoms with Gasteiger partial charge in [-0.2, -0.15) is 0 Å². The fourth-order valence-electron chi connectivity index (χ4n) is 5.89. The molecule has 2 aliphatic rings. The van der Waals surface area contributed by atoms with Crippen LogP contribution in [-0.2, 0) is 6.54 Å². The summed E-state index contributed by atoms with van der Waals surface area (Å²) >= 11 is 0. The van der Waals surface area contributed by atoms with Gasteiger partial charge in [0.15, 0.2) is 0 Å². The van der Waals surface area contributed by atoms with Crippen LogP contribution in [0.3, 0.4) is 0 Å². The number of fused-ring (bicyclic) bond motifs is 1. The van der Waals surface area contributed by atoms with Crippen LogP contribution in [0.1, 0.15) is 58.8 Å². The molecule has 1 saturated heterocycles. The van der Waals surface area contributed by atoms with Crippen LogP contribution in [0.25, 0.3) is 10.9 Å². The first-order valence-electron chi connectivity index (χ1n) is 11.3. The van der Waals surface area contributed by atoms with E-state index in [1.54, 1.807) is 19.2 Å². The average Bonchev–Trinajstić information content (AvgIpc) is 3.26. The van der Waals surface area contributed by atoms with E-state index >= 15 is 0 Å². The maximum absolute atomic E-state index is 13.9. The molecular weight excluding hydrogens is 426 g/mol. The summed E-state index contributed by atoms with van der Waals surface area (Å²) in [5.41, 5.74) is 4.08. The van der Waals surface area contributed by atoms with Crippen molar-refractivity contribution < 1.29 is 23.4 Å². The summed E-state index contributed by atoms with van der Waals surface area (Å²) in [7, 11) is 1.67. The molecule has 1 atom stereocenters. The second kappa shape index (κ2) is 7.83. The number of halogens is 2. The summed E-state index contributed by atoms with van der Waals surface area (Å²) in [4.78, 5) is 16.9. The van der Waals surface area contributed by atoms with E-state index in [0.29, 0.717) is 19.5 Å². The van der Waals surface area contributed by atoms with Gasteiger partial charge in [0, 0.05) is 48.1 Å². The number of methoxy groups -OCH3 is 1. The standard InChI is InChI=1S/C26H28F2N2O3/c1-16-11-22(33-2)20(19-7-9-29-23(16)19)13-30-10-8-25(14-26(27,28)15-25)12-21(30)17-3-5-18(6-4-17)24(31)32/h3-7,9,11,21,29H,8,10,12-15H2,1-2H3,(H,31,32)/t21-/m1/s1. The maximum Gasteiger partial charge on any atom is 0.335 e. The minimum absolute atomic E-state index is 0.0620. The zero-order valence-electron chi connectivity index (χ0n) is 18.8. The van der Waals surface area contributed by atoms with E-state index < -0.39 is 11.9 Å². The number of rotatable bonds is 5. The Bertz CT molecular complexity index is 1190. The summed E-state index contributed by atoms with van der Waals surface area (Å²) in [5, 5.41) is 10.4. The highest BCUT2D eigenvalue weighted by Gasteiger charge is 2.58. The van der Waals surface area contributed by atoms with Crippen molar-refractivity contribution in [2.75, 3.05) is 13.7 Å². The Labute approximate surface area is 191 Å². The van der Waals surface area contributed by atoms with Crippen molar-refractivity contribution in [3.05, 3.63) is 64.8 Å². The number of hydrogen-bond donors (Lipinski definition) is 2. The minimum atomic E-state index is -2.57. The zero-order chi connectivity index (χ0) is 23.4. The molecular formula is C26H28F2N2O3. The molecule has 3 aromatic rings. The largest absolute Gasteiger partial charge is 0.496 e. The predicted molar refractivity (Wildman–Crippen MR) is 122 cm³/mol. The number of hydrogen-bond acceptors (Lipinski definition) is 3. The first kappa shape index (κ1) is 21.9. The van der Waals surface area contributed by atoms with Crippen LogP contribution < -0.4 is 4.74 Å². The molecule has 1 aromatic heterocycles. The molecule has 0 unspecified atom stereocenters. The second-order valence-corrected chi connectivity index (χ2v) is 9.72. The molecule has 1 aliphatic heterocycles. The number of ether oxygens (including phenoxy) is 1. The highest BCUT2D eigenvalue weighted by atomic mass is 19.3. The number of nitrogens with one attached hydrogen (secondary N) is 1. The number of carbonyl (C=O) groups is 1.